The number of hydrogen-bond donors (Lipinski definition) is 2. The van der Waals surface area contributed by atoms with Gasteiger partial charge in [-0.05, 0) is 179 Å². The topological polar surface area (TPSA) is 202 Å². The number of ketones is 2. The molecule has 7 heterocycles. The number of carbonyl (C=O) groups is 3. The monoisotopic (exact) mass is 1410 g/mol. The highest BCUT2D eigenvalue weighted by Gasteiger charge is 2.51. The molecule has 0 aliphatic carbocycles. The van der Waals surface area contributed by atoms with Crippen molar-refractivity contribution in [3.63, 3.8) is 0 Å². The molecule has 3 N–H and O–H groups in total. The fraction of sp³-hybridized carbons (Fsp3) is 0.110. The molecule has 0 spiro atoms. The number of nitrogen functional groups attached to an aromatic ring is 1. The lowest BCUT2D eigenvalue weighted by atomic mass is 9.78. The molecule has 14 nitrogen and oxygen atoms in total. The van der Waals surface area contributed by atoms with Gasteiger partial charge in [-0.15, -0.1) is 0 Å². The lowest BCUT2D eigenvalue weighted by Gasteiger charge is -2.32. The highest BCUT2D eigenvalue weighted by molar-refractivity contribution is 9.11. The Labute approximate surface area is 561 Å². The lowest BCUT2D eigenvalue weighted by Crippen LogP contribution is -2.41. The van der Waals surface area contributed by atoms with Gasteiger partial charge in [-0.2, -0.15) is 0 Å². The van der Waals surface area contributed by atoms with E-state index in [0.717, 1.165) is 103 Å². The lowest BCUT2D eigenvalue weighted by molar-refractivity contribution is 0.00578. The van der Waals surface area contributed by atoms with Gasteiger partial charge >= 0.3 is 14.8 Å². The largest absolute Gasteiger partial charge is 0.569 e. The molecule has 6 aromatic carbocycles. The molecule has 0 bridgehead atoms. The molecule has 92 heavy (non-hydrogen) atoms. The number of aromatic nitrogens is 6. The minimum Gasteiger partial charge on any atom is -0.536 e. The highest BCUT2D eigenvalue weighted by atomic mass is 79.9. The first kappa shape index (κ1) is 68.7. The van der Waals surface area contributed by atoms with Crippen molar-refractivity contribution in [1.29, 1.82) is 0 Å². The zero-order valence-corrected chi connectivity index (χ0v) is 56.0. The highest BCUT2D eigenvalue weighted by Crippen LogP contribution is 2.37. The quantitative estimate of drug-likeness (QED) is 0.0566. The Hall–Kier alpha value is -9.20. The molecule has 6 aromatic heterocycles. The Bertz CT molecular complexity index is 4410. The summed E-state index contributed by atoms with van der Waals surface area (Å²) in [6.07, 6.45) is 12.8. The van der Waals surface area contributed by atoms with E-state index in [1.165, 1.54) is 6.20 Å². The molecule has 0 amide bonds. The van der Waals surface area contributed by atoms with Crippen LogP contribution in [0.5, 0.6) is 5.75 Å². The molecule has 0 atom stereocenters. The van der Waals surface area contributed by atoms with Gasteiger partial charge in [-0.25, -0.2) is 9.97 Å². The minimum atomic E-state index is -0.357. The Morgan fingerprint density at radius 3 is 1.61 bits per heavy atom. The minimum absolute atomic E-state index is 0.0840. The first-order valence-electron chi connectivity index (χ1n) is 28.9. The summed E-state index contributed by atoms with van der Waals surface area (Å²) in [5.74, 6) is 0.710. The molecule has 19 heteroatoms. The Morgan fingerprint density at radius 1 is 0.511 bits per heavy atom. The average Bonchev–Trinajstić information content (AvgIpc) is 1.57. The van der Waals surface area contributed by atoms with Gasteiger partial charge in [0.2, 0.25) is 0 Å². The van der Waals surface area contributed by atoms with Crippen molar-refractivity contribution in [3.05, 3.63) is 280 Å². The van der Waals surface area contributed by atoms with Crippen LogP contribution >= 0.6 is 47.8 Å². The van der Waals surface area contributed by atoms with Crippen molar-refractivity contribution in [1.82, 2.24) is 29.9 Å². The van der Waals surface area contributed by atoms with Crippen LogP contribution in [-0.4, -0.2) is 78.8 Å². The average molecular weight is 1410 g/mol. The van der Waals surface area contributed by atoms with Crippen LogP contribution in [0.2, 0.25) is 0 Å². The van der Waals surface area contributed by atoms with Gasteiger partial charge in [-0.3, -0.25) is 34.3 Å². The SMILES string of the molecule is Brc1ccc2nc(-c3cccc(-c4cccnc4)c3)ccc2c1.CC(=O)c1cccc(-c2cccnc2)c1.CC(=O)c1cccc(Br)c1.CC1(C)OB(c2ccc3nc(-c4ccccn4)ccc3c2)OC1(C)C.Nc1ccc(Br)cc1C=O.O[B]Oc1cccnc1. The van der Waals surface area contributed by atoms with E-state index in [2.05, 4.69) is 161 Å². The standard InChI is InChI=1S/C20H21BN2O2.C20H13BrN2.C13H11NO.C8H7BrO.C7H6BrNO.C5H5BNO2/c1-19(2)20(3,4)25-21(24-19)15-9-11-16-14(13-15)8-10-18(23-16)17-7-5-6-12-22-17;21-18-7-9-20-16(12-18)6-8-19(23-20)15-4-1-3-14(11-15)17-5-2-10-22-13-17;1-10(15)11-4-2-5-12(8-11)13-6-3-7-14-9-13;1-6(10)7-3-2-4-8(9)5-7;8-6-1-2-7(9)5(3-6)4-10;8-6-9-5-2-1-3-7-4-5/h5-13H,1-4H3;1-13H;2-9H,1H3;2-5H,1H3;1-4H,9H2;1-4,8H. The molecule has 1 radical (unpaired) electrons. The van der Waals surface area contributed by atoms with Crippen molar-refractivity contribution < 1.29 is 33.4 Å². The van der Waals surface area contributed by atoms with E-state index in [4.69, 9.17) is 30.0 Å². The van der Waals surface area contributed by atoms with Gasteiger partial charge in [-0.1, -0.05) is 139 Å². The Morgan fingerprint density at radius 2 is 1.04 bits per heavy atom. The first-order chi connectivity index (χ1) is 44.3. The summed E-state index contributed by atoms with van der Waals surface area (Å²) in [4.78, 5) is 58.1. The summed E-state index contributed by atoms with van der Waals surface area (Å²) < 4.78 is 19.7. The van der Waals surface area contributed by atoms with Crippen LogP contribution in [0.25, 0.3) is 66.7 Å². The fourth-order valence-electron chi connectivity index (χ4n) is 8.86. The summed E-state index contributed by atoms with van der Waals surface area (Å²) in [5.41, 5.74) is 18.4. The molecule has 1 aliphatic heterocycles. The van der Waals surface area contributed by atoms with Crippen LogP contribution in [0.3, 0.4) is 0 Å². The van der Waals surface area contributed by atoms with E-state index in [1.54, 1.807) is 81.2 Å². The second-order valence-electron chi connectivity index (χ2n) is 21.6. The maximum Gasteiger partial charge on any atom is 0.569 e. The summed E-state index contributed by atoms with van der Waals surface area (Å²) >= 11 is 10.00. The van der Waals surface area contributed by atoms with Crippen molar-refractivity contribution in [2.24, 2.45) is 0 Å². The molecule has 1 fully saturated rings. The number of nitrogens with zero attached hydrogens (tertiary/aromatic N) is 6. The second-order valence-corrected chi connectivity index (χ2v) is 24.3. The van der Waals surface area contributed by atoms with E-state index in [1.807, 2.05) is 115 Å². The van der Waals surface area contributed by atoms with Gasteiger partial charge in [0.15, 0.2) is 17.9 Å². The smallest absolute Gasteiger partial charge is 0.536 e. The number of carbonyl (C=O) groups excluding carboxylic acids is 3. The maximum atomic E-state index is 11.2. The van der Waals surface area contributed by atoms with Gasteiger partial charge in [0.25, 0.3) is 0 Å². The van der Waals surface area contributed by atoms with Crippen LogP contribution in [0.4, 0.5) is 5.69 Å². The summed E-state index contributed by atoms with van der Waals surface area (Å²) in [6, 6.07) is 66.1. The van der Waals surface area contributed by atoms with E-state index in [0.29, 0.717) is 24.7 Å². The predicted molar refractivity (Wildman–Crippen MR) is 379 cm³/mol. The number of anilines is 1. The van der Waals surface area contributed by atoms with E-state index < -0.39 is 0 Å². The molecular weight excluding hydrogens is 1350 g/mol. The molecule has 0 unspecified atom stereocenters. The fourth-order valence-corrected chi connectivity index (χ4v) is 10.0. The van der Waals surface area contributed by atoms with Crippen LogP contribution in [0.1, 0.15) is 72.6 Å². The normalized spacial score (nSPS) is 12.3. The third kappa shape index (κ3) is 19.7. The van der Waals surface area contributed by atoms with Crippen molar-refractivity contribution in [2.45, 2.75) is 52.7 Å². The number of hydrogen-bond acceptors (Lipinski definition) is 14. The van der Waals surface area contributed by atoms with Gasteiger partial charge in [0.05, 0.1) is 45.5 Å². The molecular formula is C73H63B2Br3N7O7. The molecule has 1 saturated heterocycles. The van der Waals surface area contributed by atoms with Crippen LogP contribution < -0.4 is 15.9 Å². The Kier molecular flexibility index (Phi) is 24.8. The third-order valence-corrected chi connectivity index (χ3v) is 15.9. The summed E-state index contributed by atoms with van der Waals surface area (Å²) in [7, 11) is 0.265. The maximum absolute atomic E-state index is 11.2. The second kappa shape index (κ2) is 33.2. The van der Waals surface area contributed by atoms with Gasteiger partial charge in [0.1, 0.15) is 5.75 Å². The Balaban J connectivity index is 0.000000149. The number of halogens is 3. The number of aldehydes is 1. The summed E-state index contributed by atoms with van der Waals surface area (Å²) in [5, 5.41) is 10.3. The molecule has 459 valence electrons. The van der Waals surface area contributed by atoms with Crippen molar-refractivity contribution in [3.8, 4) is 50.6 Å². The van der Waals surface area contributed by atoms with E-state index in [-0.39, 0.29) is 29.9 Å². The van der Waals surface area contributed by atoms with Gasteiger partial charge in [0, 0.05) is 95.1 Å². The molecule has 12 aromatic rings. The zero-order chi connectivity index (χ0) is 65.6. The summed E-state index contributed by atoms with van der Waals surface area (Å²) in [6.45, 7) is 11.4. The number of pyridine rings is 6. The number of rotatable bonds is 10. The molecule has 13 rings (SSSR count). The van der Waals surface area contributed by atoms with Crippen LogP contribution in [-0.2, 0) is 9.31 Å². The number of Topliss-reactive ketones (excluding diaryl/α,β-unsaturated/α-hetero) is 2. The third-order valence-electron chi connectivity index (χ3n) is 14.5. The number of benzene rings is 6. The van der Waals surface area contributed by atoms with Crippen molar-refractivity contribution in [2.75, 3.05) is 5.73 Å². The van der Waals surface area contributed by atoms with Gasteiger partial charge < -0.3 is 24.7 Å². The zero-order valence-electron chi connectivity index (χ0n) is 51.2. The van der Waals surface area contributed by atoms with E-state index in [9.17, 15) is 14.4 Å². The predicted octanol–water partition coefficient (Wildman–Crippen LogP) is 16.8. The van der Waals surface area contributed by atoms with E-state index >= 15 is 0 Å². The van der Waals surface area contributed by atoms with Crippen molar-refractivity contribution >= 4 is 113 Å². The van der Waals surface area contributed by atoms with Crippen LogP contribution in [0.15, 0.2) is 263 Å². The number of fused-ring (bicyclic) bond motifs is 2. The molecule has 0 saturated carbocycles. The first-order valence-corrected chi connectivity index (χ1v) is 31.2. The van der Waals surface area contributed by atoms with Crippen LogP contribution in [0, 0.1) is 0 Å². The number of nitrogens with two attached hydrogens (primary N) is 1. The molecule has 1 aliphatic rings.